The van der Waals surface area contributed by atoms with E-state index in [9.17, 15) is 0 Å². The van der Waals surface area contributed by atoms with Crippen molar-refractivity contribution < 1.29 is 0 Å². The Morgan fingerprint density at radius 2 is 1.89 bits per heavy atom. The fraction of sp³-hybridized carbons (Fsp3) is 0.412. The van der Waals surface area contributed by atoms with Gasteiger partial charge in [0.1, 0.15) is 0 Å². The SMILES string of the molecule is CCCNC(c1cccc(C)c1C)c1sccc1C. The molecule has 0 radical (unpaired) electrons. The standard InChI is InChI=1S/C17H23NS/c1-5-10-18-16(17-13(3)9-11-19-17)15-8-6-7-12(2)14(15)4/h6-9,11,16,18H,5,10H2,1-4H3. The first-order chi connectivity index (χ1) is 9.15. The highest BCUT2D eigenvalue weighted by Gasteiger charge is 2.18. The summed E-state index contributed by atoms with van der Waals surface area (Å²) < 4.78 is 0. The van der Waals surface area contributed by atoms with Crippen LogP contribution in [0.3, 0.4) is 0 Å². The predicted octanol–water partition coefficient (Wildman–Crippen LogP) is 4.76. The molecular weight excluding hydrogens is 250 g/mol. The minimum atomic E-state index is 0.333. The van der Waals surface area contributed by atoms with Crippen molar-refractivity contribution in [2.45, 2.75) is 40.2 Å². The zero-order valence-corrected chi connectivity index (χ0v) is 13.1. The van der Waals surface area contributed by atoms with Crippen LogP contribution in [0.15, 0.2) is 29.6 Å². The maximum Gasteiger partial charge on any atom is 0.0676 e. The fourth-order valence-corrected chi connectivity index (χ4v) is 3.42. The van der Waals surface area contributed by atoms with Gasteiger partial charge in [-0.15, -0.1) is 11.3 Å². The monoisotopic (exact) mass is 273 g/mol. The highest BCUT2D eigenvalue weighted by Crippen LogP contribution is 2.32. The molecule has 1 nitrogen and oxygen atoms in total. The molecule has 0 aliphatic heterocycles. The van der Waals surface area contributed by atoms with Crippen molar-refractivity contribution >= 4 is 11.3 Å². The van der Waals surface area contributed by atoms with E-state index >= 15 is 0 Å². The molecule has 0 fully saturated rings. The lowest BCUT2D eigenvalue weighted by Gasteiger charge is -2.22. The third-order valence-electron chi connectivity index (χ3n) is 3.72. The van der Waals surface area contributed by atoms with Crippen LogP contribution in [0.25, 0.3) is 0 Å². The first kappa shape index (κ1) is 14.3. The molecule has 102 valence electrons. The van der Waals surface area contributed by atoms with Gasteiger partial charge in [-0.25, -0.2) is 0 Å². The number of benzene rings is 1. The third kappa shape index (κ3) is 3.07. The van der Waals surface area contributed by atoms with Crippen molar-refractivity contribution in [2.24, 2.45) is 0 Å². The summed E-state index contributed by atoms with van der Waals surface area (Å²) in [6.45, 7) is 9.90. The minimum Gasteiger partial charge on any atom is -0.306 e. The van der Waals surface area contributed by atoms with Crippen LogP contribution in [0, 0.1) is 20.8 Å². The molecule has 1 heterocycles. The number of rotatable bonds is 5. The second-order valence-corrected chi connectivity index (χ2v) is 6.09. The van der Waals surface area contributed by atoms with Gasteiger partial charge >= 0.3 is 0 Å². The van der Waals surface area contributed by atoms with Crippen LogP contribution in [0.1, 0.15) is 46.5 Å². The molecule has 1 aromatic heterocycles. The molecule has 0 spiro atoms. The summed E-state index contributed by atoms with van der Waals surface area (Å²) in [5.74, 6) is 0. The molecule has 2 heteroatoms. The molecule has 0 saturated carbocycles. The summed E-state index contributed by atoms with van der Waals surface area (Å²) in [6, 6.07) is 9.17. The Balaban J connectivity index is 2.43. The average molecular weight is 273 g/mol. The molecule has 1 unspecified atom stereocenters. The molecule has 0 amide bonds. The molecule has 0 bridgehead atoms. The van der Waals surface area contributed by atoms with E-state index in [-0.39, 0.29) is 0 Å². The molecule has 0 aliphatic rings. The summed E-state index contributed by atoms with van der Waals surface area (Å²) in [5.41, 5.74) is 5.58. The van der Waals surface area contributed by atoms with Crippen molar-refractivity contribution in [3.05, 3.63) is 56.8 Å². The second-order valence-electron chi connectivity index (χ2n) is 5.14. The van der Waals surface area contributed by atoms with Crippen LogP contribution in [0.2, 0.25) is 0 Å². The van der Waals surface area contributed by atoms with Crippen molar-refractivity contribution in [3.8, 4) is 0 Å². The molecule has 2 rings (SSSR count). The Kier molecular flexibility index (Phi) is 4.78. The lowest BCUT2D eigenvalue weighted by Crippen LogP contribution is -2.23. The van der Waals surface area contributed by atoms with E-state index in [1.807, 2.05) is 11.3 Å². The summed E-state index contributed by atoms with van der Waals surface area (Å²) in [6.07, 6.45) is 1.16. The first-order valence-electron chi connectivity index (χ1n) is 6.98. The average Bonchev–Trinajstić information content (AvgIpc) is 2.81. The second kappa shape index (κ2) is 6.36. The molecule has 1 N–H and O–H groups in total. The lowest BCUT2D eigenvalue weighted by atomic mass is 9.95. The zero-order chi connectivity index (χ0) is 13.8. The van der Waals surface area contributed by atoms with E-state index < -0.39 is 0 Å². The topological polar surface area (TPSA) is 12.0 Å². The van der Waals surface area contributed by atoms with E-state index in [1.54, 1.807) is 0 Å². The van der Waals surface area contributed by atoms with Gasteiger partial charge < -0.3 is 5.32 Å². The Hall–Kier alpha value is -1.12. The van der Waals surface area contributed by atoms with Gasteiger partial charge in [-0.05, 0) is 67.4 Å². The number of hydrogen-bond donors (Lipinski definition) is 1. The van der Waals surface area contributed by atoms with Gasteiger partial charge in [-0.1, -0.05) is 25.1 Å². The van der Waals surface area contributed by atoms with Gasteiger partial charge in [0.05, 0.1) is 6.04 Å². The van der Waals surface area contributed by atoms with Crippen LogP contribution in [-0.4, -0.2) is 6.54 Å². The smallest absolute Gasteiger partial charge is 0.0676 e. The third-order valence-corrected chi connectivity index (χ3v) is 4.80. The number of aryl methyl sites for hydroxylation is 2. The molecule has 0 aliphatic carbocycles. The van der Waals surface area contributed by atoms with Crippen LogP contribution in [0.5, 0.6) is 0 Å². The predicted molar refractivity (Wildman–Crippen MR) is 85.1 cm³/mol. The molecular formula is C17H23NS. The Morgan fingerprint density at radius 3 is 2.53 bits per heavy atom. The van der Waals surface area contributed by atoms with Crippen LogP contribution in [-0.2, 0) is 0 Å². The van der Waals surface area contributed by atoms with E-state index in [0.29, 0.717) is 6.04 Å². The van der Waals surface area contributed by atoms with Crippen LogP contribution < -0.4 is 5.32 Å². The Morgan fingerprint density at radius 1 is 1.11 bits per heavy atom. The van der Waals surface area contributed by atoms with Crippen molar-refractivity contribution in [1.29, 1.82) is 0 Å². The maximum atomic E-state index is 3.71. The Bertz CT molecular complexity index is 542. The molecule has 1 aromatic carbocycles. The fourth-order valence-electron chi connectivity index (χ4n) is 2.40. The van der Waals surface area contributed by atoms with Gasteiger partial charge in [0.25, 0.3) is 0 Å². The van der Waals surface area contributed by atoms with Gasteiger partial charge in [0.2, 0.25) is 0 Å². The van der Waals surface area contributed by atoms with Gasteiger partial charge in [0, 0.05) is 4.88 Å². The summed E-state index contributed by atoms with van der Waals surface area (Å²) in [4.78, 5) is 1.45. The lowest BCUT2D eigenvalue weighted by molar-refractivity contribution is 0.601. The highest BCUT2D eigenvalue weighted by atomic mass is 32.1. The largest absolute Gasteiger partial charge is 0.306 e. The Labute approximate surface area is 120 Å². The molecule has 1 atom stereocenters. The normalized spacial score (nSPS) is 12.6. The number of hydrogen-bond acceptors (Lipinski definition) is 2. The molecule has 2 aromatic rings. The van der Waals surface area contributed by atoms with Gasteiger partial charge in [0.15, 0.2) is 0 Å². The zero-order valence-electron chi connectivity index (χ0n) is 12.3. The van der Waals surface area contributed by atoms with Crippen LogP contribution >= 0.6 is 11.3 Å². The molecule has 19 heavy (non-hydrogen) atoms. The van der Waals surface area contributed by atoms with E-state index in [4.69, 9.17) is 0 Å². The highest BCUT2D eigenvalue weighted by molar-refractivity contribution is 7.10. The number of nitrogens with one attached hydrogen (secondary N) is 1. The van der Waals surface area contributed by atoms with E-state index in [0.717, 1.165) is 13.0 Å². The summed E-state index contributed by atoms with van der Waals surface area (Å²) in [5, 5.41) is 5.90. The van der Waals surface area contributed by atoms with Crippen molar-refractivity contribution in [2.75, 3.05) is 6.54 Å². The maximum absolute atomic E-state index is 3.71. The van der Waals surface area contributed by atoms with Crippen molar-refractivity contribution in [3.63, 3.8) is 0 Å². The summed E-state index contributed by atoms with van der Waals surface area (Å²) in [7, 11) is 0. The van der Waals surface area contributed by atoms with Gasteiger partial charge in [-0.2, -0.15) is 0 Å². The number of thiophene rings is 1. The van der Waals surface area contributed by atoms with Crippen LogP contribution in [0.4, 0.5) is 0 Å². The quantitative estimate of drug-likeness (QED) is 0.828. The van der Waals surface area contributed by atoms with E-state index in [1.165, 1.54) is 27.1 Å². The van der Waals surface area contributed by atoms with Gasteiger partial charge in [-0.3, -0.25) is 0 Å². The van der Waals surface area contributed by atoms with Crippen molar-refractivity contribution in [1.82, 2.24) is 5.32 Å². The summed E-state index contributed by atoms with van der Waals surface area (Å²) >= 11 is 1.85. The minimum absolute atomic E-state index is 0.333. The molecule has 0 saturated heterocycles. The first-order valence-corrected chi connectivity index (χ1v) is 7.86. The van der Waals surface area contributed by atoms with E-state index in [2.05, 4.69) is 62.7 Å².